The van der Waals surface area contributed by atoms with Gasteiger partial charge in [0.1, 0.15) is 5.01 Å². The first-order valence-corrected chi connectivity index (χ1v) is 9.34. The summed E-state index contributed by atoms with van der Waals surface area (Å²) in [4.78, 5) is 6.88. The number of ether oxygens (including phenoxy) is 1. The summed E-state index contributed by atoms with van der Waals surface area (Å²) in [6.45, 7) is 2.52. The Bertz CT molecular complexity index is 870. The van der Waals surface area contributed by atoms with E-state index >= 15 is 0 Å². The number of methoxy groups -OCH3 is 1. The minimum absolute atomic E-state index is 0.00751. The van der Waals surface area contributed by atoms with Crippen molar-refractivity contribution in [2.75, 3.05) is 13.7 Å². The Morgan fingerprint density at radius 1 is 1.16 bits per heavy atom. The van der Waals surface area contributed by atoms with Crippen LogP contribution in [-0.4, -0.2) is 23.6 Å². The van der Waals surface area contributed by atoms with E-state index in [1.54, 1.807) is 18.4 Å². The summed E-state index contributed by atoms with van der Waals surface area (Å²) in [7, 11) is 1.72. The quantitative estimate of drug-likeness (QED) is 0.588. The van der Waals surface area contributed by atoms with Crippen molar-refractivity contribution in [3.63, 3.8) is 0 Å². The number of rotatable bonds is 6. The molecule has 4 rings (SSSR count). The molecule has 0 aliphatic carbocycles. The standard InChI is InChI=1S/C21H22N2OS/c1-15-14-25-21(22-15)20-19(17-11-7-4-8-12-17)23(20)18(13-24-2)16-9-5-3-6-10-16/h3-12,14,18-20H,13H2,1-2H3/t18-,19+,20+,23?/m1/s1/i20D. The third-order valence-corrected chi connectivity index (χ3v) is 5.53. The summed E-state index contributed by atoms with van der Waals surface area (Å²) < 4.78 is 14.9. The summed E-state index contributed by atoms with van der Waals surface area (Å²) in [5, 5.41) is 2.87. The molecule has 2 aromatic carbocycles. The molecule has 1 aromatic heterocycles. The number of nitrogens with zero attached hydrogens (tertiary/aromatic N) is 2. The number of aryl methyl sites for hydroxylation is 1. The Labute approximate surface area is 154 Å². The molecule has 0 amide bonds. The summed E-state index contributed by atoms with van der Waals surface area (Å²) in [6.07, 6.45) is 0. The van der Waals surface area contributed by atoms with Crippen molar-refractivity contribution < 1.29 is 6.11 Å². The Morgan fingerprint density at radius 3 is 2.44 bits per heavy atom. The van der Waals surface area contributed by atoms with Crippen LogP contribution in [0.1, 0.15) is 41.3 Å². The monoisotopic (exact) mass is 351 g/mol. The number of thiazole rings is 1. The molecular formula is C21H22N2OS. The van der Waals surface area contributed by atoms with Crippen LogP contribution in [0.25, 0.3) is 0 Å². The fraction of sp³-hybridized carbons (Fsp3) is 0.286. The highest BCUT2D eigenvalue weighted by atomic mass is 32.1. The molecule has 25 heavy (non-hydrogen) atoms. The van der Waals surface area contributed by atoms with E-state index in [1.807, 2.05) is 48.7 Å². The van der Waals surface area contributed by atoms with E-state index in [0.717, 1.165) is 21.8 Å². The molecule has 1 aliphatic rings. The molecular weight excluding hydrogens is 328 g/mol. The predicted molar refractivity (Wildman–Crippen MR) is 102 cm³/mol. The normalized spacial score (nSPS) is 26.9. The van der Waals surface area contributed by atoms with Gasteiger partial charge in [-0.2, -0.15) is 0 Å². The summed E-state index contributed by atoms with van der Waals surface area (Å²) in [5.41, 5.74) is 3.28. The Hall–Kier alpha value is -2.01. The van der Waals surface area contributed by atoms with Crippen LogP contribution in [0.3, 0.4) is 0 Å². The molecule has 0 spiro atoms. The van der Waals surface area contributed by atoms with Crippen LogP contribution in [0, 0.1) is 6.92 Å². The van der Waals surface area contributed by atoms with Crippen molar-refractivity contribution in [3.05, 3.63) is 87.9 Å². The maximum absolute atomic E-state index is 9.33. The van der Waals surface area contributed by atoms with Crippen LogP contribution in [0.15, 0.2) is 66.0 Å². The fourth-order valence-electron chi connectivity index (χ4n) is 3.38. The highest BCUT2D eigenvalue weighted by Crippen LogP contribution is 2.59. The van der Waals surface area contributed by atoms with Crippen LogP contribution < -0.4 is 0 Å². The lowest BCUT2D eigenvalue weighted by Gasteiger charge is -2.19. The molecule has 0 radical (unpaired) electrons. The minimum atomic E-state index is -0.862. The smallest absolute Gasteiger partial charge is 0.112 e. The minimum Gasteiger partial charge on any atom is -0.383 e. The molecule has 0 N–H and O–H groups in total. The van der Waals surface area contributed by atoms with Gasteiger partial charge in [0.05, 0.1) is 26.1 Å². The number of hydrogen-bond acceptors (Lipinski definition) is 4. The number of benzene rings is 2. The van der Waals surface area contributed by atoms with Gasteiger partial charge in [0.2, 0.25) is 0 Å². The van der Waals surface area contributed by atoms with Crippen molar-refractivity contribution in [2.24, 2.45) is 0 Å². The highest BCUT2D eigenvalue weighted by Gasteiger charge is 2.54. The van der Waals surface area contributed by atoms with Gasteiger partial charge in [0.15, 0.2) is 0 Å². The summed E-state index contributed by atoms with van der Waals surface area (Å²) in [6, 6.07) is 19.7. The molecule has 1 saturated heterocycles. The van der Waals surface area contributed by atoms with Gasteiger partial charge in [-0.25, -0.2) is 4.98 Å². The molecule has 4 atom stereocenters. The molecule has 0 bridgehead atoms. The molecule has 3 nitrogen and oxygen atoms in total. The molecule has 4 heteroatoms. The topological polar surface area (TPSA) is 25.1 Å². The largest absolute Gasteiger partial charge is 0.383 e. The van der Waals surface area contributed by atoms with E-state index in [4.69, 9.17) is 4.74 Å². The maximum Gasteiger partial charge on any atom is 0.112 e. The van der Waals surface area contributed by atoms with E-state index < -0.39 is 6.02 Å². The first-order chi connectivity index (χ1) is 12.7. The lowest BCUT2D eigenvalue weighted by Crippen LogP contribution is -2.16. The Morgan fingerprint density at radius 2 is 1.84 bits per heavy atom. The zero-order valence-corrected chi connectivity index (χ0v) is 15.2. The van der Waals surface area contributed by atoms with Crippen molar-refractivity contribution in [3.8, 4) is 0 Å². The van der Waals surface area contributed by atoms with E-state index in [1.165, 1.54) is 0 Å². The third kappa shape index (κ3) is 3.25. The second-order valence-electron chi connectivity index (χ2n) is 6.28. The fourth-order valence-corrected chi connectivity index (χ4v) is 4.25. The highest BCUT2D eigenvalue weighted by molar-refractivity contribution is 7.09. The van der Waals surface area contributed by atoms with E-state index in [0.29, 0.717) is 6.61 Å². The zero-order valence-electron chi connectivity index (χ0n) is 15.4. The molecule has 128 valence electrons. The van der Waals surface area contributed by atoms with Crippen LogP contribution in [0.4, 0.5) is 0 Å². The average molecular weight is 351 g/mol. The zero-order chi connectivity index (χ0) is 18.1. The summed E-state index contributed by atoms with van der Waals surface area (Å²) >= 11 is 1.57. The second kappa shape index (κ2) is 7.08. The molecule has 1 unspecified atom stereocenters. The van der Waals surface area contributed by atoms with Gasteiger partial charge in [0.25, 0.3) is 0 Å². The van der Waals surface area contributed by atoms with Crippen molar-refractivity contribution in [2.45, 2.75) is 25.0 Å². The van der Waals surface area contributed by atoms with Gasteiger partial charge in [-0.05, 0) is 18.1 Å². The summed E-state index contributed by atoms with van der Waals surface area (Å²) in [5.74, 6) is 0. The average Bonchev–Trinajstić information content (AvgIpc) is 3.05. The van der Waals surface area contributed by atoms with Crippen LogP contribution >= 0.6 is 11.3 Å². The first kappa shape index (κ1) is 15.3. The van der Waals surface area contributed by atoms with E-state index in [2.05, 4.69) is 34.1 Å². The van der Waals surface area contributed by atoms with Gasteiger partial charge in [-0.3, -0.25) is 4.90 Å². The van der Waals surface area contributed by atoms with Crippen LogP contribution in [-0.2, 0) is 4.74 Å². The second-order valence-corrected chi connectivity index (χ2v) is 7.14. The number of hydrogen-bond donors (Lipinski definition) is 0. The van der Waals surface area contributed by atoms with Crippen molar-refractivity contribution in [1.29, 1.82) is 0 Å². The van der Waals surface area contributed by atoms with Gasteiger partial charge >= 0.3 is 0 Å². The van der Waals surface area contributed by atoms with Crippen molar-refractivity contribution in [1.82, 2.24) is 9.88 Å². The first-order valence-electron chi connectivity index (χ1n) is 8.96. The van der Waals surface area contributed by atoms with E-state index in [9.17, 15) is 1.37 Å². The predicted octanol–water partition coefficient (Wildman–Crippen LogP) is 4.94. The lowest BCUT2D eigenvalue weighted by molar-refractivity contribution is 0.135. The maximum atomic E-state index is 9.33. The van der Waals surface area contributed by atoms with Crippen molar-refractivity contribution >= 4 is 11.3 Å². The van der Waals surface area contributed by atoms with Gasteiger partial charge in [-0.1, -0.05) is 60.7 Å². The van der Waals surface area contributed by atoms with E-state index in [-0.39, 0.29) is 12.1 Å². The van der Waals surface area contributed by atoms with Crippen LogP contribution in [0.2, 0.25) is 0 Å². The SMILES string of the molecule is [2H][C@@]1(c2nc(C)cs2)[C@H](c2ccccc2)N1[C@H](COC)c1ccccc1. The number of aromatic nitrogens is 1. The van der Waals surface area contributed by atoms with Gasteiger partial charge in [-0.15, -0.1) is 11.3 Å². The third-order valence-electron chi connectivity index (χ3n) is 4.55. The van der Waals surface area contributed by atoms with Gasteiger partial charge in [0, 0.05) is 18.2 Å². The molecule has 1 aliphatic heterocycles. The molecule has 3 aromatic rings. The Kier molecular flexibility index (Phi) is 4.32. The van der Waals surface area contributed by atoms with Crippen LogP contribution in [0.5, 0.6) is 0 Å². The Balaban J connectivity index is 1.78. The molecule has 1 fully saturated rings. The lowest BCUT2D eigenvalue weighted by atomic mass is 10.1. The molecule has 2 heterocycles. The molecule has 0 saturated carbocycles. The van der Waals surface area contributed by atoms with Gasteiger partial charge < -0.3 is 4.74 Å².